The van der Waals surface area contributed by atoms with Gasteiger partial charge in [-0.2, -0.15) is 0 Å². The molecule has 0 atom stereocenters. The Bertz CT molecular complexity index is 944. The van der Waals surface area contributed by atoms with Crippen LogP contribution in [-0.2, 0) is 6.54 Å². The third-order valence-electron chi connectivity index (χ3n) is 4.10. The summed E-state index contributed by atoms with van der Waals surface area (Å²) in [6.07, 6.45) is 0. The highest BCUT2D eigenvalue weighted by Crippen LogP contribution is 2.24. The molecular weight excluding hydrogens is 354 g/mol. The molecule has 23 heavy (non-hydrogen) atoms. The van der Waals surface area contributed by atoms with Crippen molar-refractivity contribution in [3.05, 3.63) is 73.5 Å². The molecule has 0 spiro atoms. The smallest absolute Gasteiger partial charge is 0.336 e. The predicted molar refractivity (Wildman–Crippen MR) is 98.2 cm³/mol. The second-order valence-electron chi connectivity index (χ2n) is 5.84. The molecule has 1 heterocycles. The normalized spacial score (nSPS) is 11.0. The molecule has 4 heteroatoms. The van der Waals surface area contributed by atoms with Crippen molar-refractivity contribution >= 4 is 32.6 Å². The van der Waals surface area contributed by atoms with Gasteiger partial charge < -0.3 is 9.73 Å². The first-order valence-electron chi connectivity index (χ1n) is 7.48. The van der Waals surface area contributed by atoms with Gasteiger partial charge >= 0.3 is 5.63 Å². The number of aryl methyl sites for hydroxylation is 3. The minimum Gasteiger partial charge on any atom is -0.423 e. The van der Waals surface area contributed by atoms with Gasteiger partial charge in [0.25, 0.3) is 0 Å². The van der Waals surface area contributed by atoms with E-state index in [2.05, 4.69) is 47.2 Å². The number of hydrogen-bond donors (Lipinski definition) is 1. The Balaban J connectivity index is 1.99. The van der Waals surface area contributed by atoms with Gasteiger partial charge in [-0.1, -0.05) is 15.9 Å². The van der Waals surface area contributed by atoms with Gasteiger partial charge in [-0.15, -0.1) is 0 Å². The van der Waals surface area contributed by atoms with E-state index < -0.39 is 0 Å². The van der Waals surface area contributed by atoms with Crippen LogP contribution in [0.1, 0.15) is 22.3 Å². The van der Waals surface area contributed by atoms with Crippen molar-refractivity contribution in [2.45, 2.75) is 27.3 Å². The molecule has 0 amide bonds. The van der Waals surface area contributed by atoms with Crippen LogP contribution in [0.2, 0.25) is 0 Å². The van der Waals surface area contributed by atoms with Gasteiger partial charge in [0.15, 0.2) is 0 Å². The number of rotatable bonds is 3. The van der Waals surface area contributed by atoms with Gasteiger partial charge in [0.2, 0.25) is 0 Å². The molecule has 0 saturated heterocycles. The summed E-state index contributed by atoms with van der Waals surface area (Å²) in [5.41, 5.74) is 5.79. The van der Waals surface area contributed by atoms with E-state index in [1.807, 2.05) is 25.1 Å². The maximum absolute atomic E-state index is 11.8. The van der Waals surface area contributed by atoms with Crippen molar-refractivity contribution < 1.29 is 4.42 Å². The summed E-state index contributed by atoms with van der Waals surface area (Å²) >= 11 is 3.47. The molecule has 118 valence electrons. The number of anilines is 1. The molecule has 0 unspecified atom stereocenters. The molecule has 1 N–H and O–H groups in total. The van der Waals surface area contributed by atoms with Crippen LogP contribution >= 0.6 is 15.9 Å². The van der Waals surface area contributed by atoms with Crippen molar-refractivity contribution in [1.82, 2.24) is 0 Å². The van der Waals surface area contributed by atoms with Crippen LogP contribution in [0.25, 0.3) is 11.0 Å². The van der Waals surface area contributed by atoms with Crippen LogP contribution in [0.5, 0.6) is 0 Å². The average Bonchev–Trinajstić information content (AvgIpc) is 2.48. The van der Waals surface area contributed by atoms with Crippen molar-refractivity contribution in [3.8, 4) is 0 Å². The lowest BCUT2D eigenvalue weighted by Gasteiger charge is -2.12. The predicted octanol–water partition coefficient (Wildman–Crippen LogP) is 5.09. The molecule has 0 saturated carbocycles. The summed E-state index contributed by atoms with van der Waals surface area (Å²) in [6, 6.07) is 11.7. The van der Waals surface area contributed by atoms with Gasteiger partial charge in [0, 0.05) is 28.2 Å². The molecule has 3 aromatic rings. The van der Waals surface area contributed by atoms with E-state index in [-0.39, 0.29) is 5.63 Å². The standard InChI is InChI=1S/C19H18BrNO2/c1-11-7-16-14(9-19(22)23-18(16)8-12(11)2)10-21-17-5-4-15(20)6-13(17)3/h4-9,21H,10H2,1-3H3. The maximum Gasteiger partial charge on any atom is 0.336 e. The van der Waals surface area contributed by atoms with E-state index in [9.17, 15) is 4.79 Å². The highest BCUT2D eigenvalue weighted by atomic mass is 79.9. The zero-order valence-electron chi connectivity index (χ0n) is 13.4. The summed E-state index contributed by atoms with van der Waals surface area (Å²) in [5, 5.41) is 4.39. The Hall–Kier alpha value is -2.07. The highest BCUT2D eigenvalue weighted by Gasteiger charge is 2.08. The number of fused-ring (bicyclic) bond motifs is 1. The number of benzene rings is 2. The van der Waals surface area contributed by atoms with E-state index in [1.165, 1.54) is 5.56 Å². The molecule has 1 aromatic heterocycles. The third kappa shape index (κ3) is 3.32. The van der Waals surface area contributed by atoms with Gasteiger partial charge in [-0.3, -0.25) is 0 Å². The quantitative estimate of drug-likeness (QED) is 0.651. The first-order chi connectivity index (χ1) is 10.9. The van der Waals surface area contributed by atoms with Crippen LogP contribution < -0.4 is 10.9 Å². The Kier molecular flexibility index (Phi) is 4.26. The second kappa shape index (κ2) is 6.20. The van der Waals surface area contributed by atoms with Gasteiger partial charge in [-0.25, -0.2) is 4.79 Å². The Morgan fingerprint density at radius 3 is 2.48 bits per heavy atom. The fourth-order valence-electron chi connectivity index (χ4n) is 2.65. The lowest BCUT2D eigenvalue weighted by Crippen LogP contribution is -2.07. The maximum atomic E-state index is 11.8. The van der Waals surface area contributed by atoms with Gasteiger partial charge in [-0.05, 0) is 73.4 Å². The fourth-order valence-corrected chi connectivity index (χ4v) is 3.12. The molecule has 0 bridgehead atoms. The minimum atomic E-state index is -0.315. The van der Waals surface area contributed by atoms with Crippen molar-refractivity contribution in [2.75, 3.05) is 5.32 Å². The fraction of sp³-hybridized carbons (Fsp3) is 0.211. The summed E-state index contributed by atoms with van der Waals surface area (Å²) < 4.78 is 6.39. The molecule has 0 aliphatic carbocycles. The number of hydrogen-bond acceptors (Lipinski definition) is 3. The summed E-state index contributed by atoms with van der Waals surface area (Å²) in [5.74, 6) is 0. The van der Waals surface area contributed by atoms with Crippen LogP contribution in [0.15, 0.2) is 50.1 Å². The monoisotopic (exact) mass is 371 g/mol. The second-order valence-corrected chi connectivity index (χ2v) is 6.75. The Morgan fingerprint density at radius 2 is 1.74 bits per heavy atom. The molecular formula is C19H18BrNO2. The minimum absolute atomic E-state index is 0.315. The number of halogens is 1. The van der Waals surface area contributed by atoms with E-state index in [1.54, 1.807) is 6.07 Å². The SMILES string of the molecule is Cc1cc2oc(=O)cc(CNc3ccc(Br)cc3C)c2cc1C. The molecule has 0 aliphatic rings. The summed E-state index contributed by atoms with van der Waals surface area (Å²) in [7, 11) is 0. The molecule has 3 rings (SSSR count). The Morgan fingerprint density at radius 1 is 1.00 bits per heavy atom. The molecule has 3 nitrogen and oxygen atoms in total. The van der Waals surface area contributed by atoms with Crippen LogP contribution in [0.4, 0.5) is 5.69 Å². The zero-order valence-corrected chi connectivity index (χ0v) is 15.0. The molecule has 0 aliphatic heterocycles. The van der Waals surface area contributed by atoms with Crippen molar-refractivity contribution in [3.63, 3.8) is 0 Å². The van der Waals surface area contributed by atoms with E-state index in [0.717, 1.165) is 32.2 Å². The summed E-state index contributed by atoms with van der Waals surface area (Å²) in [6.45, 7) is 6.71. The first kappa shape index (κ1) is 15.8. The summed E-state index contributed by atoms with van der Waals surface area (Å²) in [4.78, 5) is 11.8. The highest BCUT2D eigenvalue weighted by molar-refractivity contribution is 9.10. The molecule has 2 aromatic carbocycles. The Labute approximate surface area is 143 Å². The third-order valence-corrected chi connectivity index (χ3v) is 4.60. The number of nitrogens with one attached hydrogen (secondary N) is 1. The largest absolute Gasteiger partial charge is 0.423 e. The van der Waals surface area contributed by atoms with Gasteiger partial charge in [0.1, 0.15) is 5.58 Å². The lowest BCUT2D eigenvalue weighted by molar-refractivity contribution is 0.559. The van der Waals surface area contributed by atoms with Crippen LogP contribution in [0.3, 0.4) is 0 Å². The van der Waals surface area contributed by atoms with Crippen LogP contribution in [-0.4, -0.2) is 0 Å². The zero-order chi connectivity index (χ0) is 16.6. The van der Waals surface area contributed by atoms with E-state index in [4.69, 9.17) is 4.42 Å². The van der Waals surface area contributed by atoms with E-state index >= 15 is 0 Å². The first-order valence-corrected chi connectivity index (χ1v) is 8.27. The van der Waals surface area contributed by atoms with Crippen molar-refractivity contribution in [1.29, 1.82) is 0 Å². The van der Waals surface area contributed by atoms with E-state index in [0.29, 0.717) is 12.1 Å². The topological polar surface area (TPSA) is 42.2 Å². The average molecular weight is 372 g/mol. The van der Waals surface area contributed by atoms with Crippen LogP contribution in [0, 0.1) is 20.8 Å². The molecule has 0 radical (unpaired) electrons. The van der Waals surface area contributed by atoms with Crippen molar-refractivity contribution in [2.24, 2.45) is 0 Å². The lowest BCUT2D eigenvalue weighted by atomic mass is 10.0. The molecule has 0 fully saturated rings. The van der Waals surface area contributed by atoms with Gasteiger partial charge in [0.05, 0.1) is 0 Å².